The lowest BCUT2D eigenvalue weighted by molar-refractivity contribution is -0.137. The summed E-state index contributed by atoms with van der Waals surface area (Å²) in [7, 11) is -3.57. The molecular formula is C17H20N4O5S. The number of aryl methyl sites for hydroxylation is 1. The standard InChI is InChI=1S/C17H20N4O5S/c22-16(23)7-9-20-8-6-15(18-20)17(24)19-10-12-21(13-11-19)27(25,26)14-4-2-1-3-5-14/h1-6,8H,7,9-13H2,(H,22,23). The van der Waals surface area contributed by atoms with Crippen molar-refractivity contribution in [1.29, 1.82) is 0 Å². The van der Waals surface area contributed by atoms with E-state index in [0.717, 1.165) is 0 Å². The van der Waals surface area contributed by atoms with Gasteiger partial charge >= 0.3 is 5.97 Å². The highest BCUT2D eigenvalue weighted by atomic mass is 32.2. The van der Waals surface area contributed by atoms with Crippen molar-refractivity contribution in [1.82, 2.24) is 19.0 Å². The molecule has 9 nitrogen and oxygen atoms in total. The highest BCUT2D eigenvalue weighted by Crippen LogP contribution is 2.18. The predicted octanol–water partition coefficient (Wildman–Crippen LogP) is 0.504. The molecule has 0 saturated carbocycles. The summed E-state index contributed by atoms with van der Waals surface area (Å²) in [4.78, 5) is 24.9. The summed E-state index contributed by atoms with van der Waals surface area (Å²) in [6, 6.07) is 9.75. The molecule has 1 aromatic carbocycles. The molecule has 1 fully saturated rings. The molecule has 27 heavy (non-hydrogen) atoms. The molecule has 1 N–H and O–H groups in total. The van der Waals surface area contributed by atoms with Gasteiger partial charge in [-0.05, 0) is 18.2 Å². The van der Waals surface area contributed by atoms with Gasteiger partial charge in [-0.15, -0.1) is 0 Å². The van der Waals surface area contributed by atoms with Gasteiger partial charge < -0.3 is 10.0 Å². The van der Waals surface area contributed by atoms with Gasteiger partial charge in [-0.3, -0.25) is 14.3 Å². The number of carbonyl (C=O) groups excluding carboxylic acids is 1. The van der Waals surface area contributed by atoms with Crippen molar-refractivity contribution in [3.8, 4) is 0 Å². The van der Waals surface area contributed by atoms with Crippen LogP contribution >= 0.6 is 0 Å². The van der Waals surface area contributed by atoms with Crippen LogP contribution in [0.4, 0.5) is 0 Å². The fourth-order valence-electron chi connectivity index (χ4n) is 2.85. The fraction of sp³-hybridized carbons (Fsp3) is 0.353. The minimum atomic E-state index is -3.57. The van der Waals surface area contributed by atoms with E-state index in [1.54, 1.807) is 41.4 Å². The van der Waals surface area contributed by atoms with Crippen LogP contribution in [0.5, 0.6) is 0 Å². The van der Waals surface area contributed by atoms with Crippen LogP contribution in [0.1, 0.15) is 16.9 Å². The molecule has 0 aliphatic carbocycles. The Labute approximate surface area is 156 Å². The molecule has 1 aromatic heterocycles. The fourth-order valence-corrected chi connectivity index (χ4v) is 4.29. The molecule has 1 saturated heterocycles. The number of carboxylic acids is 1. The number of carboxylic acid groups (broad SMARTS) is 1. The summed E-state index contributed by atoms with van der Waals surface area (Å²) in [5.74, 6) is -1.23. The lowest BCUT2D eigenvalue weighted by atomic mass is 10.3. The first-order chi connectivity index (χ1) is 12.9. The van der Waals surface area contributed by atoms with Gasteiger partial charge in [0.15, 0.2) is 0 Å². The van der Waals surface area contributed by atoms with Crippen LogP contribution in [-0.4, -0.2) is 70.6 Å². The summed E-state index contributed by atoms with van der Waals surface area (Å²) in [5, 5.41) is 12.8. The van der Waals surface area contributed by atoms with Crippen molar-refractivity contribution >= 4 is 21.9 Å². The quantitative estimate of drug-likeness (QED) is 0.766. The number of hydrogen-bond donors (Lipinski definition) is 1. The third kappa shape index (κ3) is 4.34. The van der Waals surface area contributed by atoms with Crippen molar-refractivity contribution in [3.63, 3.8) is 0 Å². The molecule has 0 radical (unpaired) electrons. The van der Waals surface area contributed by atoms with Gasteiger partial charge in [-0.1, -0.05) is 18.2 Å². The van der Waals surface area contributed by atoms with Gasteiger partial charge in [0, 0.05) is 32.4 Å². The third-order valence-corrected chi connectivity index (χ3v) is 6.23. The van der Waals surface area contributed by atoms with Crippen molar-refractivity contribution in [2.45, 2.75) is 17.9 Å². The van der Waals surface area contributed by atoms with Gasteiger partial charge in [0.25, 0.3) is 5.91 Å². The first-order valence-corrected chi connectivity index (χ1v) is 9.91. The molecule has 0 unspecified atom stereocenters. The van der Waals surface area contributed by atoms with Crippen LogP contribution in [0.2, 0.25) is 0 Å². The Bertz CT molecular complexity index is 918. The zero-order valence-corrected chi connectivity index (χ0v) is 15.4. The van der Waals surface area contributed by atoms with E-state index in [-0.39, 0.29) is 55.6 Å². The Morgan fingerprint density at radius 3 is 2.33 bits per heavy atom. The van der Waals surface area contributed by atoms with E-state index in [0.29, 0.717) is 0 Å². The lowest BCUT2D eigenvalue weighted by Crippen LogP contribution is -2.50. The number of benzene rings is 1. The van der Waals surface area contributed by atoms with Gasteiger partial charge in [0.05, 0.1) is 17.9 Å². The normalized spacial score (nSPS) is 15.6. The Morgan fingerprint density at radius 1 is 1.04 bits per heavy atom. The number of aliphatic carboxylic acids is 1. The topological polar surface area (TPSA) is 113 Å². The SMILES string of the molecule is O=C(O)CCn1ccc(C(=O)N2CCN(S(=O)(=O)c3ccccc3)CC2)n1. The van der Waals surface area contributed by atoms with E-state index in [2.05, 4.69) is 5.10 Å². The smallest absolute Gasteiger partial charge is 0.305 e. The van der Waals surface area contributed by atoms with Gasteiger partial charge in [0.1, 0.15) is 5.69 Å². The Morgan fingerprint density at radius 2 is 1.70 bits per heavy atom. The summed E-state index contributed by atoms with van der Waals surface area (Å²) in [6.45, 7) is 1.15. The Balaban J connectivity index is 1.60. The minimum absolute atomic E-state index is 0.0780. The highest BCUT2D eigenvalue weighted by Gasteiger charge is 2.30. The first kappa shape index (κ1) is 19.1. The number of rotatable bonds is 6. The molecular weight excluding hydrogens is 372 g/mol. The first-order valence-electron chi connectivity index (χ1n) is 8.47. The second-order valence-electron chi connectivity index (χ2n) is 6.12. The van der Waals surface area contributed by atoms with E-state index in [4.69, 9.17) is 5.11 Å². The van der Waals surface area contributed by atoms with Gasteiger partial charge in [-0.25, -0.2) is 8.42 Å². The molecule has 2 heterocycles. The van der Waals surface area contributed by atoms with Crippen LogP contribution in [-0.2, 0) is 21.4 Å². The van der Waals surface area contributed by atoms with Crippen LogP contribution in [0.3, 0.4) is 0 Å². The largest absolute Gasteiger partial charge is 0.481 e. The van der Waals surface area contributed by atoms with Gasteiger partial charge in [0.2, 0.25) is 10.0 Å². The molecule has 1 aliphatic heterocycles. The number of aromatic nitrogens is 2. The monoisotopic (exact) mass is 392 g/mol. The maximum absolute atomic E-state index is 12.6. The second-order valence-corrected chi connectivity index (χ2v) is 8.06. The number of nitrogens with zero attached hydrogens (tertiary/aromatic N) is 4. The van der Waals surface area contributed by atoms with E-state index in [1.165, 1.54) is 15.1 Å². The van der Waals surface area contributed by atoms with Gasteiger partial charge in [-0.2, -0.15) is 9.40 Å². The average Bonchev–Trinajstić information content (AvgIpc) is 3.15. The minimum Gasteiger partial charge on any atom is -0.481 e. The number of piperazine rings is 1. The molecule has 0 bridgehead atoms. The van der Waals surface area contributed by atoms with Crippen LogP contribution < -0.4 is 0 Å². The van der Waals surface area contributed by atoms with Crippen LogP contribution in [0, 0.1) is 0 Å². The number of carbonyl (C=O) groups is 2. The van der Waals surface area contributed by atoms with Crippen LogP contribution in [0.15, 0.2) is 47.5 Å². The zero-order valence-electron chi connectivity index (χ0n) is 14.6. The summed E-state index contributed by atoms with van der Waals surface area (Å²) >= 11 is 0. The maximum Gasteiger partial charge on any atom is 0.305 e. The number of amides is 1. The van der Waals surface area contributed by atoms with Crippen molar-refractivity contribution in [3.05, 3.63) is 48.3 Å². The van der Waals surface area contributed by atoms with Crippen LogP contribution in [0.25, 0.3) is 0 Å². The summed E-state index contributed by atoms with van der Waals surface area (Å²) < 4.78 is 28.0. The molecule has 1 amide bonds. The van der Waals surface area contributed by atoms with Crippen molar-refractivity contribution in [2.75, 3.05) is 26.2 Å². The molecule has 0 atom stereocenters. The Hall–Kier alpha value is -2.72. The molecule has 10 heteroatoms. The molecule has 144 valence electrons. The zero-order chi connectivity index (χ0) is 19.4. The predicted molar refractivity (Wildman–Crippen MR) is 95.6 cm³/mol. The Kier molecular flexibility index (Phi) is 5.57. The molecule has 3 rings (SSSR count). The molecule has 1 aliphatic rings. The maximum atomic E-state index is 12.6. The third-order valence-electron chi connectivity index (χ3n) is 4.32. The number of hydrogen-bond acceptors (Lipinski definition) is 5. The van der Waals surface area contributed by atoms with E-state index in [9.17, 15) is 18.0 Å². The lowest BCUT2D eigenvalue weighted by Gasteiger charge is -2.33. The second kappa shape index (κ2) is 7.89. The van der Waals surface area contributed by atoms with E-state index < -0.39 is 16.0 Å². The molecule has 2 aromatic rings. The van der Waals surface area contributed by atoms with Crippen molar-refractivity contribution in [2.24, 2.45) is 0 Å². The van der Waals surface area contributed by atoms with Crippen molar-refractivity contribution < 1.29 is 23.1 Å². The van der Waals surface area contributed by atoms with E-state index in [1.807, 2.05) is 0 Å². The molecule has 0 spiro atoms. The average molecular weight is 392 g/mol. The van der Waals surface area contributed by atoms with E-state index >= 15 is 0 Å². The number of sulfonamides is 1. The summed E-state index contributed by atoms with van der Waals surface area (Å²) in [5.41, 5.74) is 0.222. The summed E-state index contributed by atoms with van der Waals surface area (Å²) in [6.07, 6.45) is 1.48. The highest BCUT2D eigenvalue weighted by molar-refractivity contribution is 7.89.